The molecule has 0 fully saturated rings. The molecule has 0 radical (unpaired) electrons. The Hall–Kier alpha value is -2.18. The van der Waals surface area contributed by atoms with E-state index >= 15 is 0 Å². The van der Waals surface area contributed by atoms with Crippen molar-refractivity contribution in [3.63, 3.8) is 0 Å². The molecule has 2 aromatic rings. The Kier molecular flexibility index (Phi) is 3.94. The molecule has 0 aliphatic rings. The van der Waals surface area contributed by atoms with E-state index in [0.717, 1.165) is 5.56 Å². The molecule has 0 atom stereocenters. The molecule has 0 aliphatic carbocycles. The summed E-state index contributed by atoms with van der Waals surface area (Å²) in [6.45, 7) is 1.43. The first-order chi connectivity index (χ1) is 9.11. The summed E-state index contributed by atoms with van der Waals surface area (Å²) in [6.07, 6.45) is 1.28. The lowest BCUT2D eigenvalue weighted by Gasteiger charge is -2.09. The maximum Gasteiger partial charge on any atom is 0.273 e. The molecule has 2 N–H and O–H groups in total. The van der Waals surface area contributed by atoms with Crippen molar-refractivity contribution < 1.29 is 13.6 Å². The molecule has 0 saturated heterocycles. The van der Waals surface area contributed by atoms with Crippen LogP contribution in [0.2, 0.25) is 0 Å². The molecular weight excluding hydrogens is 254 g/mol. The molecule has 2 rings (SSSR count). The summed E-state index contributed by atoms with van der Waals surface area (Å²) in [7, 11) is 0. The van der Waals surface area contributed by atoms with E-state index in [4.69, 9.17) is 0 Å². The van der Waals surface area contributed by atoms with Gasteiger partial charge < -0.3 is 9.88 Å². The lowest BCUT2D eigenvalue weighted by molar-refractivity contribution is 0.0997. The number of aromatic nitrogens is 3. The van der Waals surface area contributed by atoms with Gasteiger partial charge in [0.15, 0.2) is 0 Å². The first-order valence-corrected chi connectivity index (χ1v) is 5.88. The molecule has 0 unspecified atom stereocenters. The molecule has 0 aromatic carbocycles. The van der Waals surface area contributed by atoms with Crippen LogP contribution in [0.4, 0.5) is 14.6 Å². The number of aromatic amines is 1. The minimum absolute atomic E-state index is 0.192. The van der Waals surface area contributed by atoms with Crippen LogP contribution in [-0.4, -0.2) is 27.1 Å². The topological polar surface area (TPSA) is 62.7 Å². The molecule has 0 spiro atoms. The molecule has 5 nitrogen and oxygen atoms in total. The summed E-state index contributed by atoms with van der Waals surface area (Å²) in [5, 5.41) is 9.14. The van der Waals surface area contributed by atoms with Crippen molar-refractivity contribution in [3.8, 4) is 0 Å². The van der Waals surface area contributed by atoms with E-state index in [1.54, 1.807) is 12.3 Å². The number of amides is 1. The normalized spacial score (nSPS) is 10.9. The lowest BCUT2D eigenvalue weighted by Crippen LogP contribution is -2.19. The third-order valence-corrected chi connectivity index (χ3v) is 2.73. The quantitative estimate of drug-likeness (QED) is 0.874. The van der Waals surface area contributed by atoms with Gasteiger partial charge in [-0.25, -0.2) is 8.78 Å². The number of anilines is 1. The highest BCUT2D eigenvalue weighted by Crippen LogP contribution is 2.14. The first-order valence-electron chi connectivity index (χ1n) is 5.88. The Morgan fingerprint density at radius 1 is 1.58 bits per heavy atom. The predicted octanol–water partition coefficient (Wildman–Crippen LogP) is 2.29. The van der Waals surface area contributed by atoms with Crippen LogP contribution in [0.1, 0.15) is 23.0 Å². The summed E-state index contributed by atoms with van der Waals surface area (Å²) < 4.78 is 26.0. The van der Waals surface area contributed by atoms with Crippen molar-refractivity contribution in [2.75, 3.05) is 5.32 Å². The van der Waals surface area contributed by atoms with Crippen LogP contribution in [0.5, 0.6) is 0 Å². The maximum absolute atomic E-state index is 12.4. The molecular formula is C12H14F2N4O. The Labute approximate surface area is 108 Å². The minimum atomic E-state index is -2.50. The molecule has 7 heteroatoms. The molecule has 19 heavy (non-hydrogen) atoms. The van der Waals surface area contributed by atoms with Gasteiger partial charge >= 0.3 is 0 Å². The zero-order valence-electron chi connectivity index (χ0n) is 10.4. The number of hydrogen-bond acceptors (Lipinski definition) is 2. The number of aryl methyl sites for hydroxylation is 1. The van der Waals surface area contributed by atoms with E-state index in [1.165, 1.54) is 16.8 Å². The smallest absolute Gasteiger partial charge is 0.273 e. The van der Waals surface area contributed by atoms with Gasteiger partial charge in [-0.2, -0.15) is 5.10 Å². The summed E-state index contributed by atoms with van der Waals surface area (Å²) in [4.78, 5) is 12.0. The Bertz CT molecular complexity index is 562. The van der Waals surface area contributed by atoms with Gasteiger partial charge in [0.1, 0.15) is 11.5 Å². The van der Waals surface area contributed by atoms with Crippen molar-refractivity contribution >= 4 is 11.7 Å². The van der Waals surface area contributed by atoms with Crippen molar-refractivity contribution in [2.45, 2.75) is 26.3 Å². The monoisotopic (exact) mass is 268 g/mol. The van der Waals surface area contributed by atoms with Crippen LogP contribution in [0, 0.1) is 0 Å². The Morgan fingerprint density at radius 3 is 3.05 bits per heavy atom. The molecule has 0 aliphatic heterocycles. The van der Waals surface area contributed by atoms with Gasteiger partial charge in [-0.15, -0.1) is 0 Å². The second kappa shape index (κ2) is 5.64. The van der Waals surface area contributed by atoms with Crippen molar-refractivity contribution in [3.05, 3.63) is 35.8 Å². The molecule has 102 valence electrons. The van der Waals surface area contributed by atoms with E-state index in [-0.39, 0.29) is 5.69 Å². The van der Waals surface area contributed by atoms with E-state index in [9.17, 15) is 13.6 Å². The van der Waals surface area contributed by atoms with Gasteiger partial charge in [0.25, 0.3) is 12.3 Å². The maximum atomic E-state index is 12.4. The summed E-state index contributed by atoms with van der Waals surface area (Å²) in [6, 6.07) is 3.06. The number of carbonyl (C=O) groups excluding carboxylic acids is 1. The van der Waals surface area contributed by atoms with Gasteiger partial charge in [0, 0.05) is 11.8 Å². The van der Waals surface area contributed by atoms with Crippen molar-refractivity contribution in [2.24, 2.45) is 0 Å². The number of H-pyrrole nitrogens is 1. The van der Waals surface area contributed by atoms with Crippen LogP contribution in [0.25, 0.3) is 0 Å². The zero-order valence-corrected chi connectivity index (χ0v) is 10.4. The second-order valence-electron chi connectivity index (χ2n) is 4.01. The molecule has 2 aromatic heterocycles. The standard InChI is InChI=1S/C12H14F2N4O/c1-2-8-6-15-17-11(8)16-12(19)9-4-3-5-18(9)7-10(13)14/h3-6,10H,2,7H2,1H3,(H2,15,16,17,19). The fourth-order valence-electron chi connectivity index (χ4n) is 1.79. The van der Waals surface area contributed by atoms with Crippen LogP contribution in [0.15, 0.2) is 24.5 Å². The van der Waals surface area contributed by atoms with Crippen LogP contribution >= 0.6 is 0 Å². The molecule has 0 saturated carbocycles. The average molecular weight is 268 g/mol. The third-order valence-electron chi connectivity index (χ3n) is 2.73. The number of nitrogens with zero attached hydrogens (tertiary/aromatic N) is 2. The number of alkyl halides is 2. The molecule has 2 heterocycles. The first kappa shape index (κ1) is 13.3. The van der Waals surface area contributed by atoms with Crippen molar-refractivity contribution in [1.82, 2.24) is 14.8 Å². The number of halogens is 2. The molecule has 1 amide bonds. The van der Waals surface area contributed by atoms with Gasteiger partial charge in [0.2, 0.25) is 0 Å². The Morgan fingerprint density at radius 2 is 2.37 bits per heavy atom. The summed E-state index contributed by atoms with van der Waals surface area (Å²) >= 11 is 0. The summed E-state index contributed by atoms with van der Waals surface area (Å²) in [5.41, 5.74) is 1.05. The third kappa shape index (κ3) is 2.98. The predicted molar refractivity (Wildman–Crippen MR) is 66.4 cm³/mol. The van der Waals surface area contributed by atoms with Gasteiger partial charge in [0.05, 0.1) is 12.7 Å². The van der Waals surface area contributed by atoms with Gasteiger partial charge in [-0.3, -0.25) is 9.89 Å². The molecule has 0 bridgehead atoms. The number of rotatable bonds is 5. The Balaban J connectivity index is 2.14. The number of carbonyl (C=O) groups is 1. The zero-order chi connectivity index (χ0) is 13.8. The highest BCUT2D eigenvalue weighted by molar-refractivity contribution is 6.03. The SMILES string of the molecule is CCc1cn[nH]c1NC(=O)c1cccn1CC(F)F. The van der Waals surface area contributed by atoms with Crippen LogP contribution < -0.4 is 5.32 Å². The lowest BCUT2D eigenvalue weighted by atomic mass is 10.2. The average Bonchev–Trinajstić information content (AvgIpc) is 2.97. The van der Waals surface area contributed by atoms with Crippen LogP contribution in [0.3, 0.4) is 0 Å². The van der Waals surface area contributed by atoms with E-state index in [1.807, 2.05) is 6.92 Å². The van der Waals surface area contributed by atoms with Gasteiger partial charge in [-0.1, -0.05) is 6.92 Å². The fraction of sp³-hybridized carbons (Fsp3) is 0.333. The largest absolute Gasteiger partial charge is 0.338 e. The number of hydrogen-bond donors (Lipinski definition) is 2. The summed E-state index contributed by atoms with van der Waals surface area (Å²) in [5.74, 6) is 0.0573. The van der Waals surface area contributed by atoms with E-state index in [2.05, 4.69) is 15.5 Å². The van der Waals surface area contributed by atoms with Crippen LogP contribution in [-0.2, 0) is 13.0 Å². The van der Waals surface area contributed by atoms with Crippen molar-refractivity contribution in [1.29, 1.82) is 0 Å². The highest BCUT2D eigenvalue weighted by atomic mass is 19.3. The minimum Gasteiger partial charge on any atom is -0.338 e. The van der Waals surface area contributed by atoms with E-state index < -0.39 is 18.9 Å². The van der Waals surface area contributed by atoms with Gasteiger partial charge in [-0.05, 0) is 18.6 Å². The number of nitrogens with one attached hydrogen (secondary N) is 2. The second-order valence-corrected chi connectivity index (χ2v) is 4.01. The fourth-order valence-corrected chi connectivity index (χ4v) is 1.79. The van der Waals surface area contributed by atoms with E-state index in [0.29, 0.717) is 12.2 Å². The highest BCUT2D eigenvalue weighted by Gasteiger charge is 2.15.